The first-order valence-electron chi connectivity index (χ1n) is 11.7. The quantitative estimate of drug-likeness (QED) is 0.384. The Kier molecular flexibility index (Phi) is 9.60. The second-order valence-corrected chi connectivity index (χ2v) is 10.6. The summed E-state index contributed by atoms with van der Waals surface area (Å²) in [5, 5.41) is 3.08. The molecule has 0 aliphatic rings. The van der Waals surface area contributed by atoms with Gasteiger partial charge in [0.15, 0.2) is 11.5 Å². The van der Waals surface area contributed by atoms with E-state index in [1.165, 1.54) is 44.4 Å². The van der Waals surface area contributed by atoms with Crippen LogP contribution in [0.2, 0.25) is 5.02 Å². The van der Waals surface area contributed by atoms with Crippen LogP contribution in [-0.4, -0.2) is 59.0 Å². The van der Waals surface area contributed by atoms with Gasteiger partial charge in [-0.1, -0.05) is 41.9 Å². The van der Waals surface area contributed by atoms with Gasteiger partial charge in [-0.25, -0.2) is 8.42 Å². The maximum atomic E-state index is 13.9. The van der Waals surface area contributed by atoms with Crippen LogP contribution in [0.15, 0.2) is 77.7 Å². The lowest BCUT2D eigenvalue weighted by Gasteiger charge is -2.31. The Morgan fingerprint density at radius 2 is 1.58 bits per heavy atom. The summed E-state index contributed by atoms with van der Waals surface area (Å²) >= 11 is 6.00. The highest BCUT2D eigenvalue weighted by molar-refractivity contribution is 7.92. The minimum atomic E-state index is -4.24. The molecule has 0 aliphatic heterocycles. The summed E-state index contributed by atoms with van der Waals surface area (Å²) in [6.45, 7) is 1.11. The third kappa shape index (κ3) is 6.56. The van der Waals surface area contributed by atoms with Crippen molar-refractivity contribution in [3.05, 3.63) is 83.4 Å². The minimum absolute atomic E-state index is 0.0730. The van der Waals surface area contributed by atoms with Crippen molar-refractivity contribution in [2.75, 3.05) is 32.1 Å². The number of nitrogens with one attached hydrogen (secondary N) is 1. The largest absolute Gasteiger partial charge is 0.493 e. The van der Waals surface area contributed by atoms with Crippen LogP contribution in [-0.2, 0) is 26.2 Å². The predicted octanol–water partition coefficient (Wildman–Crippen LogP) is 3.72. The fraction of sp³-hybridized carbons (Fsp3) is 0.259. The van der Waals surface area contributed by atoms with E-state index in [0.717, 1.165) is 9.87 Å². The van der Waals surface area contributed by atoms with Gasteiger partial charge in [0.2, 0.25) is 11.8 Å². The van der Waals surface area contributed by atoms with E-state index in [1.807, 2.05) is 0 Å². The lowest BCUT2D eigenvalue weighted by molar-refractivity contribution is -0.139. The summed E-state index contributed by atoms with van der Waals surface area (Å²) in [5.41, 5.74) is 1.02. The Labute approximate surface area is 228 Å². The molecule has 0 bridgehead atoms. The Morgan fingerprint density at radius 3 is 2.16 bits per heavy atom. The van der Waals surface area contributed by atoms with Gasteiger partial charge < -0.3 is 19.7 Å². The molecule has 1 N–H and O–H groups in total. The van der Waals surface area contributed by atoms with Gasteiger partial charge in [0, 0.05) is 24.7 Å². The third-order valence-electron chi connectivity index (χ3n) is 5.95. The zero-order valence-corrected chi connectivity index (χ0v) is 23.1. The van der Waals surface area contributed by atoms with Crippen molar-refractivity contribution in [1.29, 1.82) is 0 Å². The molecular formula is C27H30ClN3O6S. The summed E-state index contributed by atoms with van der Waals surface area (Å²) < 4.78 is 39.3. The van der Waals surface area contributed by atoms with Gasteiger partial charge in [-0.05, 0) is 48.9 Å². The standard InChI is InChI=1S/C27H30ClN3O6S/c1-19(27(33)29-2)30(17-20-10-12-21(28)13-11-20)26(32)18-31(22-8-6-5-7-9-22)38(34,35)23-14-15-24(36-3)25(16-23)37-4/h5-16,19H,17-18H2,1-4H3,(H,29,33). The molecule has 11 heteroatoms. The number of halogens is 1. The van der Waals surface area contributed by atoms with Crippen LogP contribution in [0.25, 0.3) is 0 Å². The molecule has 0 fully saturated rings. The number of likely N-dealkylation sites (N-methyl/N-ethyl adjacent to an activating group) is 1. The molecule has 3 aromatic carbocycles. The molecular weight excluding hydrogens is 530 g/mol. The molecule has 1 atom stereocenters. The van der Waals surface area contributed by atoms with E-state index in [2.05, 4.69) is 5.32 Å². The topological polar surface area (TPSA) is 105 Å². The number of anilines is 1. The summed E-state index contributed by atoms with van der Waals surface area (Å²) in [6.07, 6.45) is 0. The number of methoxy groups -OCH3 is 2. The molecule has 0 heterocycles. The van der Waals surface area contributed by atoms with Crippen molar-refractivity contribution in [1.82, 2.24) is 10.2 Å². The summed E-state index contributed by atoms with van der Waals surface area (Å²) in [6, 6.07) is 18.5. The normalized spacial score (nSPS) is 11.8. The minimum Gasteiger partial charge on any atom is -0.493 e. The number of sulfonamides is 1. The van der Waals surface area contributed by atoms with E-state index in [-0.39, 0.29) is 28.8 Å². The monoisotopic (exact) mass is 559 g/mol. The first-order chi connectivity index (χ1) is 18.1. The smallest absolute Gasteiger partial charge is 0.264 e. The Balaban J connectivity index is 2.03. The fourth-order valence-electron chi connectivity index (χ4n) is 3.81. The van der Waals surface area contributed by atoms with Crippen molar-refractivity contribution in [3.63, 3.8) is 0 Å². The molecule has 2 amide bonds. The number of ether oxygens (including phenoxy) is 2. The second kappa shape index (κ2) is 12.7. The number of hydrogen-bond donors (Lipinski definition) is 1. The van der Waals surface area contributed by atoms with Gasteiger partial charge in [-0.15, -0.1) is 0 Å². The van der Waals surface area contributed by atoms with Crippen LogP contribution in [0, 0.1) is 0 Å². The predicted molar refractivity (Wildman–Crippen MR) is 146 cm³/mol. The van der Waals surface area contributed by atoms with E-state index < -0.39 is 28.5 Å². The van der Waals surface area contributed by atoms with Gasteiger partial charge in [0.1, 0.15) is 12.6 Å². The maximum Gasteiger partial charge on any atom is 0.264 e. The van der Waals surface area contributed by atoms with Crippen LogP contribution in [0.5, 0.6) is 11.5 Å². The second-order valence-electron chi connectivity index (χ2n) is 8.30. The van der Waals surface area contributed by atoms with E-state index >= 15 is 0 Å². The summed E-state index contributed by atoms with van der Waals surface area (Å²) in [5.74, 6) is -0.363. The number of para-hydroxylation sites is 1. The number of amides is 2. The molecule has 0 aromatic heterocycles. The molecule has 9 nitrogen and oxygen atoms in total. The van der Waals surface area contributed by atoms with Crippen molar-refractivity contribution in [3.8, 4) is 11.5 Å². The molecule has 1 unspecified atom stereocenters. The van der Waals surface area contributed by atoms with Crippen LogP contribution < -0.4 is 19.1 Å². The first kappa shape index (κ1) is 28.8. The fourth-order valence-corrected chi connectivity index (χ4v) is 5.36. The van der Waals surface area contributed by atoms with Crippen LogP contribution in [0.4, 0.5) is 5.69 Å². The zero-order valence-electron chi connectivity index (χ0n) is 21.5. The van der Waals surface area contributed by atoms with Gasteiger partial charge in [-0.3, -0.25) is 13.9 Å². The van der Waals surface area contributed by atoms with Crippen LogP contribution >= 0.6 is 11.6 Å². The average Bonchev–Trinajstić information content (AvgIpc) is 2.94. The molecule has 0 spiro atoms. The number of rotatable bonds is 11. The van der Waals surface area contributed by atoms with Crippen molar-refractivity contribution >= 4 is 39.1 Å². The molecule has 0 saturated heterocycles. The lowest BCUT2D eigenvalue weighted by atomic mass is 10.1. The van der Waals surface area contributed by atoms with Crippen molar-refractivity contribution in [2.45, 2.75) is 24.4 Å². The van der Waals surface area contributed by atoms with Crippen molar-refractivity contribution in [2.24, 2.45) is 0 Å². The number of carbonyl (C=O) groups is 2. The highest BCUT2D eigenvalue weighted by Gasteiger charge is 2.32. The Hall–Kier alpha value is -3.76. The molecule has 0 aliphatic carbocycles. The highest BCUT2D eigenvalue weighted by atomic mass is 35.5. The summed E-state index contributed by atoms with van der Waals surface area (Å²) in [4.78, 5) is 27.5. The Morgan fingerprint density at radius 1 is 0.947 bits per heavy atom. The molecule has 3 aromatic rings. The highest BCUT2D eigenvalue weighted by Crippen LogP contribution is 2.32. The lowest BCUT2D eigenvalue weighted by Crippen LogP contribution is -2.50. The molecule has 0 saturated carbocycles. The number of nitrogens with zero attached hydrogens (tertiary/aromatic N) is 2. The maximum absolute atomic E-state index is 13.9. The SMILES string of the molecule is CNC(=O)C(C)N(Cc1ccc(Cl)cc1)C(=O)CN(c1ccccc1)S(=O)(=O)c1ccc(OC)c(OC)c1. The van der Waals surface area contributed by atoms with Gasteiger partial charge in [0.05, 0.1) is 24.8 Å². The summed E-state index contributed by atoms with van der Waals surface area (Å²) in [7, 11) is 0.0884. The average molecular weight is 560 g/mol. The van der Waals surface area contributed by atoms with Crippen LogP contribution in [0.3, 0.4) is 0 Å². The van der Waals surface area contributed by atoms with Gasteiger partial charge in [-0.2, -0.15) is 0 Å². The van der Waals surface area contributed by atoms with E-state index in [4.69, 9.17) is 21.1 Å². The molecule has 0 radical (unpaired) electrons. The van der Waals surface area contributed by atoms with E-state index in [0.29, 0.717) is 10.8 Å². The van der Waals surface area contributed by atoms with Gasteiger partial charge >= 0.3 is 0 Å². The number of hydrogen-bond acceptors (Lipinski definition) is 6. The molecule has 38 heavy (non-hydrogen) atoms. The zero-order chi connectivity index (χ0) is 27.9. The molecule has 3 rings (SSSR count). The van der Waals surface area contributed by atoms with Crippen molar-refractivity contribution < 1.29 is 27.5 Å². The third-order valence-corrected chi connectivity index (χ3v) is 7.97. The van der Waals surface area contributed by atoms with Gasteiger partial charge in [0.25, 0.3) is 10.0 Å². The number of benzene rings is 3. The van der Waals surface area contributed by atoms with Crippen LogP contribution in [0.1, 0.15) is 12.5 Å². The van der Waals surface area contributed by atoms with E-state index in [9.17, 15) is 18.0 Å². The van der Waals surface area contributed by atoms with E-state index in [1.54, 1.807) is 61.5 Å². The Bertz CT molecular complexity index is 1370. The number of carbonyl (C=O) groups excluding carboxylic acids is 2. The first-order valence-corrected chi connectivity index (χ1v) is 13.5. The molecule has 202 valence electrons.